The second-order valence-electron chi connectivity index (χ2n) is 5.97. The largest absolute Gasteiger partial charge is 0.465 e. The lowest BCUT2D eigenvalue weighted by Crippen LogP contribution is -3.10. The van der Waals surface area contributed by atoms with Crippen molar-refractivity contribution >= 4 is 28.2 Å². The Labute approximate surface area is 145 Å². The highest BCUT2D eigenvalue weighted by atomic mass is 32.1. The molecule has 0 radical (unpaired) electrons. The molecule has 0 bridgehead atoms. The number of methoxy groups -OCH3 is 1. The molecule has 2 aromatic rings. The van der Waals surface area contributed by atoms with Gasteiger partial charge in [0, 0.05) is 18.9 Å². The van der Waals surface area contributed by atoms with Crippen LogP contribution in [0.1, 0.15) is 33.3 Å². The SMILES string of the molecule is COC(=O)c1c(NC(C)=O)sc2c1CC[NH+](Cc1ccccc1)C2. The maximum atomic E-state index is 12.1. The Balaban J connectivity index is 1.84. The van der Waals surface area contributed by atoms with Crippen LogP contribution in [-0.4, -0.2) is 25.5 Å². The van der Waals surface area contributed by atoms with E-state index in [9.17, 15) is 9.59 Å². The first kappa shape index (κ1) is 16.7. The summed E-state index contributed by atoms with van der Waals surface area (Å²) < 4.78 is 4.92. The van der Waals surface area contributed by atoms with E-state index in [0.29, 0.717) is 10.6 Å². The fourth-order valence-electron chi connectivity index (χ4n) is 3.14. The number of anilines is 1. The van der Waals surface area contributed by atoms with Crippen molar-refractivity contribution in [3.8, 4) is 0 Å². The van der Waals surface area contributed by atoms with Crippen LogP contribution in [0.4, 0.5) is 5.00 Å². The summed E-state index contributed by atoms with van der Waals surface area (Å²) in [6, 6.07) is 10.4. The molecule has 0 saturated heterocycles. The molecule has 2 heterocycles. The van der Waals surface area contributed by atoms with Crippen LogP contribution in [0, 0.1) is 0 Å². The third kappa shape index (κ3) is 3.49. The number of amides is 1. The number of carbonyl (C=O) groups is 2. The monoisotopic (exact) mass is 345 g/mol. The van der Waals surface area contributed by atoms with Crippen LogP contribution in [0.5, 0.6) is 0 Å². The molecule has 1 aliphatic heterocycles. The summed E-state index contributed by atoms with van der Waals surface area (Å²) in [6.07, 6.45) is 0.817. The highest BCUT2D eigenvalue weighted by Crippen LogP contribution is 2.35. The number of carbonyl (C=O) groups excluding carboxylic acids is 2. The Morgan fingerprint density at radius 3 is 2.71 bits per heavy atom. The number of rotatable bonds is 4. The van der Waals surface area contributed by atoms with Crippen molar-refractivity contribution in [2.75, 3.05) is 19.0 Å². The zero-order valence-corrected chi connectivity index (χ0v) is 14.7. The second kappa shape index (κ2) is 7.15. The highest BCUT2D eigenvalue weighted by molar-refractivity contribution is 7.16. The molecule has 0 fully saturated rings. The first-order valence-electron chi connectivity index (χ1n) is 7.96. The molecule has 1 aromatic heterocycles. The van der Waals surface area contributed by atoms with Gasteiger partial charge in [-0.1, -0.05) is 30.3 Å². The Morgan fingerprint density at radius 2 is 2.04 bits per heavy atom. The van der Waals surface area contributed by atoms with Gasteiger partial charge in [-0.2, -0.15) is 0 Å². The van der Waals surface area contributed by atoms with E-state index in [1.165, 1.54) is 35.8 Å². The Kier molecular flexibility index (Phi) is 4.97. The van der Waals surface area contributed by atoms with Crippen molar-refractivity contribution in [1.29, 1.82) is 0 Å². The average molecular weight is 345 g/mol. The summed E-state index contributed by atoms with van der Waals surface area (Å²) >= 11 is 1.49. The van der Waals surface area contributed by atoms with Gasteiger partial charge in [0.2, 0.25) is 5.91 Å². The molecule has 3 rings (SSSR count). The van der Waals surface area contributed by atoms with E-state index in [0.717, 1.165) is 36.5 Å². The van der Waals surface area contributed by atoms with Crippen molar-refractivity contribution in [3.05, 3.63) is 51.9 Å². The molecule has 0 aliphatic carbocycles. The zero-order valence-electron chi connectivity index (χ0n) is 13.8. The number of quaternary nitrogens is 1. The standard InChI is InChI=1S/C18H20N2O3S/c1-12(21)19-17-16(18(22)23-2)14-8-9-20(11-15(14)24-17)10-13-6-4-3-5-7-13/h3-7H,8-11H2,1-2H3,(H,19,21)/p+1. The van der Waals surface area contributed by atoms with Crippen molar-refractivity contribution in [3.63, 3.8) is 0 Å². The number of fused-ring (bicyclic) bond motifs is 1. The number of hydrogen-bond acceptors (Lipinski definition) is 4. The molecule has 1 aliphatic rings. The van der Waals surface area contributed by atoms with Crippen molar-refractivity contribution in [1.82, 2.24) is 0 Å². The lowest BCUT2D eigenvalue weighted by Gasteiger charge is -2.24. The molecule has 1 unspecified atom stereocenters. The summed E-state index contributed by atoms with van der Waals surface area (Å²) in [4.78, 5) is 26.2. The smallest absolute Gasteiger partial charge is 0.341 e. The Bertz CT molecular complexity index is 755. The maximum Gasteiger partial charge on any atom is 0.341 e. The van der Waals surface area contributed by atoms with Gasteiger partial charge in [0.05, 0.1) is 24.1 Å². The Hall–Kier alpha value is -2.18. The van der Waals surface area contributed by atoms with Gasteiger partial charge in [0.15, 0.2) is 0 Å². The minimum absolute atomic E-state index is 0.174. The number of esters is 1. The van der Waals surface area contributed by atoms with Gasteiger partial charge in [-0.25, -0.2) is 4.79 Å². The average Bonchev–Trinajstić information content (AvgIpc) is 2.91. The molecule has 1 aromatic carbocycles. The molecular formula is C18H21N2O3S+. The number of thiophene rings is 1. The fourth-order valence-corrected chi connectivity index (χ4v) is 4.49. The van der Waals surface area contributed by atoms with Crippen LogP contribution in [0.25, 0.3) is 0 Å². The van der Waals surface area contributed by atoms with Crippen molar-refractivity contribution in [2.24, 2.45) is 0 Å². The highest BCUT2D eigenvalue weighted by Gasteiger charge is 2.30. The van der Waals surface area contributed by atoms with Crippen LogP contribution in [-0.2, 0) is 29.0 Å². The molecule has 0 spiro atoms. The Morgan fingerprint density at radius 1 is 1.29 bits per heavy atom. The maximum absolute atomic E-state index is 12.1. The number of nitrogens with one attached hydrogen (secondary N) is 2. The van der Waals surface area contributed by atoms with Crippen LogP contribution in [0.2, 0.25) is 0 Å². The summed E-state index contributed by atoms with van der Waals surface area (Å²) in [5, 5.41) is 3.39. The molecule has 0 saturated carbocycles. The molecule has 5 nitrogen and oxygen atoms in total. The molecule has 1 amide bonds. The summed E-state index contributed by atoms with van der Waals surface area (Å²) in [6.45, 7) is 4.23. The van der Waals surface area contributed by atoms with Gasteiger partial charge in [-0.05, 0) is 5.56 Å². The van der Waals surface area contributed by atoms with Crippen molar-refractivity contribution in [2.45, 2.75) is 26.4 Å². The third-order valence-electron chi connectivity index (χ3n) is 4.21. The minimum atomic E-state index is -0.372. The van der Waals surface area contributed by atoms with E-state index < -0.39 is 0 Å². The van der Waals surface area contributed by atoms with E-state index >= 15 is 0 Å². The van der Waals surface area contributed by atoms with E-state index in [-0.39, 0.29) is 11.9 Å². The molecule has 6 heteroatoms. The molecule has 2 N–H and O–H groups in total. The lowest BCUT2D eigenvalue weighted by atomic mass is 10.0. The first-order valence-corrected chi connectivity index (χ1v) is 8.78. The van der Waals surface area contributed by atoms with Gasteiger partial charge < -0.3 is 15.0 Å². The lowest BCUT2D eigenvalue weighted by molar-refractivity contribution is -0.929. The van der Waals surface area contributed by atoms with E-state index in [1.807, 2.05) is 6.07 Å². The normalized spacial score (nSPS) is 16.3. The fraction of sp³-hybridized carbons (Fsp3) is 0.333. The zero-order chi connectivity index (χ0) is 17.1. The third-order valence-corrected chi connectivity index (χ3v) is 5.35. The van der Waals surface area contributed by atoms with Gasteiger partial charge in [-0.15, -0.1) is 11.3 Å². The van der Waals surface area contributed by atoms with Gasteiger partial charge in [0.1, 0.15) is 18.1 Å². The molecule has 24 heavy (non-hydrogen) atoms. The van der Waals surface area contributed by atoms with E-state index in [2.05, 4.69) is 29.6 Å². The van der Waals surface area contributed by atoms with E-state index in [1.54, 1.807) is 0 Å². The summed E-state index contributed by atoms with van der Waals surface area (Å²) in [5.41, 5.74) is 2.88. The van der Waals surface area contributed by atoms with Gasteiger partial charge in [0.25, 0.3) is 0 Å². The minimum Gasteiger partial charge on any atom is -0.465 e. The molecular weight excluding hydrogens is 324 g/mol. The van der Waals surface area contributed by atoms with Crippen LogP contribution in [0.3, 0.4) is 0 Å². The van der Waals surface area contributed by atoms with Crippen molar-refractivity contribution < 1.29 is 19.2 Å². The first-order chi connectivity index (χ1) is 11.6. The number of benzene rings is 1. The van der Waals surface area contributed by atoms with Gasteiger partial charge >= 0.3 is 5.97 Å². The van der Waals surface area contributed by atoms with E-state index in [4.69, 9.17) is 4.74 Å². The number of hydrogen-bond donors (Lipinski definition) is 2. The predicted molar refractivity (Wildman–Crippen MR) is 93.3 cm³/mol. The van der Waals surface area contributed by atoms with Gasteiger partial charge in [-0.3, -0.25) is 4.79 Å². The summed E-state index contributed by atoms with van der Waals surface area (Å²) in [5.74, 6) is -0.546. The quantitative estimate of drug-likeness (QED) is 0.828. The van der Waals surface area contributed by atoms with Crippen LogP contribution < -0.4 is 10.2 Å². The second-order valence-corrected chi connectivity index (χ2v) is 7.08. The molecule has 1 atom stereocenters. The number of ether oxygens (including phenoxy) is 1. The van der Waals surface area contributed by atoms with Crippen LogP contribution >= 0.6 is 11.3 Å². The topological polar surface area (TPSA) is 59.8 Å². The van der Waals surface area contributed by atoms with Crippen LogP contribution in [0.15, 0.2) is 30.3 Å². The molecule has 126 valence electrons. The summed E-state index contributed by atoms with van der Waals surface area (Å²) in [7, 11) is 1.37. The predicted octanol–water partition coefficient (Wildman–Crippen LogP) is 1.63.